The lowest BCUT2D eigenvalue weighted by Gasteiger charge is -2.34. The van der Waals surface area contributed by atoms with Crippen LogP contribution in [0.1, 0.15) is 51.4 Å². The molecule has 1 unspecified atom stereocenters. The van der Waals surface area contributed by atoms with Crippen LogP contribution in [0.3, 0.4) is 0 Å². The highest BCUT2D eigenvalue weighted by molar-refractivity contribution is 6.01. The zero-order chi connectivity index (χ0) is 23.4. The molecule has 1 aliphatic carbocycles. The summed E-state index contributed by atoms with van der Waals surface area (Å²) in [7, 11) is 3.13. The number of carbonyl (C=O) groups excluding carboxylic acids is 3. The Labute approximate surface area is 195 Å². The summed E-state index contributed by atoms with van der Waals surface area (Å²) in [6.45, 7) is 1.58. The molecule has 3 fully saturated rings. The molecule has 1 N–H and O–H groups in total. The van der Waals surface area contributed by atoms with E-state index in [-0.39, 0.29) is 42.0 Å². The van der Waals surface area contributed by atoms with Gasteiger partial charge in [0.15, 0.2) is 0 Å². The molecular formula is C25H35N3O5. The highest BCUT2D eigenvalue weighted by atomic mass is 16.5. The van der Waals surface area contributed by atoms with Crippen LogP contribution in [0, 0.1) is 11.8 Å². The lowest BCUT2D eigenvalue weighted by molar-refractivity contribution is -0.137. The Bertz CT molecular complexity index is 875. The van der Waals surface area contributed by atoms with Gasteiger partial charge in [-0.1, -0.05) is 19.3 Å². The summed E-state index contributed by atoms with van der Waals surface area (Å²) in [5.41, 5.74) is 0.655. The van der Waals surface area contributed by atoms with Crippen molar-refractivity contribution in [3.63, 3.8) is 0 Å². The Morgan fingerprint density at radius 3 is 2.36 bits per heavy atom. The van der Waals surface area contributed by atoms with Crippen molar-refractivity contribution >= 4 is 23.4 Å². The summed E-state index contributed by atoms with van der Waals surface area (Å²) < 4.78 is 10.7. The number of hydrogen-bond donors (Lipinski definition) is 1. The number of rotatable bonds is 6. The third-order valence-corrected chi connectivity index (χ3v) is 7.28. The fourth-order valence-corrected chi connectivity index (χ4v) is 5.30. The van der Waals surface area contributed by atoms with Crippen molar-refractivity contribution in [2.24, 2.45) is 11.8 Å². The van der Waals surface area contributed by atoms with Crippen molar-refractivity contribution in [2.45, 2.75) is 57.4 Å². The molecule has 1 aromatic carbocycles. The molecule has 1 aromatic rings. The molecule has 2 saturated heterocycles. The number of benzene rings is 1. The molecule has 8 heteroatoms. The van der Waals surface area contributed by atoms with Gasteiger partial charge in [-0.05, 0) is 37.8 Å². The molecule has 0 aromatic heterocycles. The Balaban J connectivity index is 1.30. The van der Waals surface area contributed by atoms with Gasteiger partial charge >= 0.3 is 0 Å². The molecule has 33 heavy (non-hydrogen) atoms. The number of likely N-dealkylation sites (tertiary alicyclic amines) is 1. The van der Waals surface area contributed by atoms with E-state index >= 15 is 0 Å². The first-order valence-corrected chi connectivity index (χ1v) is 12.1. The molecule has 3 aliphatic rings. The largest absolute Gasteiger partial charge is 0.497 e. The van der Waals surface area contributed by atoms with E-state index in [4.69, 9.17) is 9.47 Å². The molecule has 2 aliphatic heterocycles. The van der Waals surface area contributed by atoms with E-state index in [0.717, 1.165) is 38.5 Å². The van der Waals surface area contributed by atoms with E-state index in [2.05, 4.69) is 5.32 Å². The van der Waals surface area contributed by atoms with Gasteiger partial charge in [0.1, 0.15) is 11.5 Å². The molecule has 2 heterocycles. The predicted molar refractivity (Wildman–Crippen MR) is 124 cm³/mol. The fraction of sp³-hybridized carbons (Fsp3) is 0.640. The number of methoxy groups -OCH3 is 2. The van der Waals surface area contributed by atoms with E-state index in [0.29, 0.717) is 36.8 Å². The lowest BCUT2D eigenvalue weighted by atomic mass is 9.88. The standard InChI is InChI=1S/C25H35N3O5/c1-32-20-8-9-21(22(15-20)33-2)28-16-18(14-23(28)29)25(31)27-12-10-19(11-13-27)26-24(30)17-6-4-3-5-7-17/h8-9,15,17-19H,3-7,10-14,16H2,1-2H3,(H,26,30). The van der Waals surface area contributed by atoms with E-state index in [1.165, 1.54) is 6.42 Å². The summed E-state index contributed by atoms with van der Waals surface area (Å²) in [6, 6.07) is 5.45. The maximum Gasteiger partial charge on any atom is 0.228 e. The van der Waals surface area contributed by atoms with Crippen molar-refractivity contribution in [1.29, 1.82) is 0 Å². The SMILES string of the molecule is COc1ccc(N2CC(C(=O)N3CCC(NC(=O)C4CCCCC4)CC3)CC2=O)c(OC)c1. The molecule has 0 spiro atoms. The first-order chi connectivity index (χ1) is 16.0. The Morgan fingerprint density at radius 1 is 0.970 bits per heavy atom. The minimum atomic E-state index is -0.363. The van der Waals surface area contributed by atoms with E-state index in [9.17, 15) is 14.4 Å². The molecule has 3 amide bonds. The van der Waals surface area contributed by atoms with Gasteiger partial charge in [-0.15, -0.1) is 0 Å². The van der Waals surface area contributed by atoms with Crippen LogP contribution in [-0.4, -0.2) is 62.5 Å². The average Bonchev–Trinajstić information content (AvgIpc) is 3.25. The molecule has 0 bridgehead atoms. The summed E-state index contributed by atoms with van der Waals surface area (Å²) in [6.07, 6.45) is 7.24. The zero-order valence-corrected chi connectivity index (χ0v) is 19.7. The van der Waals surface area contributed by atoms with Crippen LogP contribution in [0.2, 0.25) is 0 Å². The highest BCUT2D eigenvalue weighted by Gasteiger charge is 2.39. The van der Waals surface area contributed by atoms with E-state index in [1.54, 1.807) is 37.3 Å². The second kappa shape index (κ2) is 10.4. The predicted octanol–water partition coefficient (Wildman–Crippen LogP) is 2.74. The fourth-order valence-electron chi connectivity index (χ4n) is 5.30. The third kappa shape index (κ3) is 5.25. The summed E-state index contributed by atoms with van der Waals surface area (Å²) in [5, 5.41) is 3.21. The number of nitrogens with one attached hydrogen (secondary N) is 1. The number of ether oxygens (including phenoxy) is 2. The monoisotopic (exact) mass is 457 g/mol. The van der Waals surface area contributed by atoms with Gasteiger partial charge in [0.05, 0.1) is 25.8 Å². The molecule has 1 saturated carbocycles. The molecule has 180 valence electrons. The van der Waals surface area contributed by atoms with Crippen LogP contribution in [0.5, 0.6) is 11.5 Å². The number of anilines is 1. The lowest BCUT2D eigenvalue weighted by Crippen LogP contribution is -2.49. The second-order valence-corrected chi connectivity index (χ2v) is 9.39. The van der Waals surface area contributed by atoms with E-state index < -0.39 is 0 Å². The first kappa shape index (κ1) is 23.4. The van der Waals surface area contributed by atoms with Crippen LogP contribution in [0.15, 0.2) is 18.2 Å². The summed E-state index contributed by atoms with van der Waals surface area (Å²) >= 11 is 0. The van der Waals surface area contributed by atoms with E-state index in [1.807, 2.05) is 4.90 Å². The van der Waals surface area contributed by atoms with Crippen molar-refractivity contribution in [2.75, 3.05) is 38.8 Å². The number of nitrogens with zero attached hydrogens (tertiary/aromatic N) is 2. The van der Waals surface area contributed by atoms with Gasteiger partial charge in [-0.2, -0.15) is 0 Å². The van der Waals surface area contributed by atoms with Gasteiger partial charge < -0.3 is 24.6 Å². The van der Waals surface area contributed by atoms with Crippen LogP contribution >= 0.6 is 0 Å². The Morgan fingerprint density at radius 2 is 1.70 bits per heavy atom. The smallest absolute Gasteiger partial charge is 0.228 e. The van der Waals surface area contributed by atoms with Crippen LogP contribution in [-0.2, 0) is 14.4 Å². The molecule has 8 nitrogen and oxygen atoms in total. The summed E-state index contributed by atoms with van der Waals surface area (Å²) in [4.78, 5) is 41.9. The number of carbonyl (C=O) groups is 3. The molecular weight excluding hydrogens is 422 g/mol. The number of hydrogen-bond acceptors (Lipinski definition) is 5. The number of piperidine rings is 1. The minimum Gasteiger partial charge on any atom is -0.497 e. The van der Waals surface area contributed by atoms with Crippen LogP contribution in [0.4, 0.5) is 5.69 Å². The summed E-state index contributed by atoms with van der Waals surface area (Å²) in [5.74, 6) is 1.12. The Hall–Kier alpha value is -2.77. The zero-order valence-electron chi connectivity index (χ0n) is 19.7. The average molecular weight is 458 g/mol. The molecule has 0 radical (unpaired) electrons. The van der Waals surface area contributed by atoms with Gasteiger partial charge in [0.25, 0.3) is 0 Å². The topological polar surface area (TPSA) is 88.2 Å². The minimum absolute atomic E-state index is 0.0235. The Kier molecular flexibility index (Phi) is 7.40. The first-order valence-electron chi connectivity index (χ1n) is 12.1. The second-order valence-electron chi connectivity index (χ2n) is 9.39. The van der Waals surface area contributed by atoms with Gasteiger partial charge in [-0.3, -0.25) is 14.4 Å². The van der Waals surface area contributed by atoms with Gasteiger partial charge in [-0.25, -0.2) is 0 Å². The van der Waals surface area contributed by atoms with Crippen LogP contribution < -0.4 is 19.7 Å². The molecule has 1 atom stereocenters. The van der Waals surface area contributed by atoms with Crippen molar-refractivity contribution < 1.29 is 23.9 Å². The number of amides is 3. The maximum atomic E-state index is 13.2. The molecule has 4 rings (SSSR count). The third-order valence-electron chi connectivity index (χ3n) is 7.28. The van der Waals surface area contributed by atoms with Crippen molar-refractivity contribution in [1.82, 2.24) is 10.2 Å². The van der Waals surface area contributed by atoms with Crippen LogP contribution in [0.25, 0.3) is 0 Å². The quantitative estimate of drug-likeness (QED) is 0.710. The normalized spacial score (nSPS) is 22.4. The van der Waals surface area contributed by atoms with Gasteiger partial charge in [0.2, 0.25) is 17.7 Å². The van der Waals surface area contributed by atoms with Crippen molar-refractivity contribution in [3.05, 3.63) is 18.2 Å². The maximum absolute atomic E-state index is 13.2. The van der Waals surface area contributed by atoms with Gasteiger partial charge in [0, 0.05) is 44.1 Å². The van der Waals surface area contributed by atoms with Crippen molar-refractivity contribution in [3.8, 4) is 11.5 Å². The highest BCUT2D eigenvalue weighted by Crippen LogP contribution is 2.36.